The Morgan fingerprint density at radius 3 is 2.52 bits per heavy atom. The molecule has 0 bridgehead atoms. The molecule has 1 aromatic carbocycles. The van der Waals surface area contributed by atoms with Gasteiger partial charge in [0.1, 0.15) is 15.7 Å². The maximum atomic E-state index is 12.5. The largest absolute Gasteiger partial charge is 0.494 e. The monoisotopic (exact) mass is 377 g/mol. The first-order valence-corrected chi connectivity index (χ1v) is 9.69. The number of hydrogen-bond acceptors (Lipinski definition) is 6. The van der Waals surface area contributed by atoms with Gasteiger partial charge in [0.15, 0.2) is 0 Å². The second-order valence-electron chi connectivity index (χ2n) is 4.99. The number of nitrogens with one attached hydrogen (secondary N) is 2. The van der Waals surface area contributed by atoms with Gasteiger partial charge in [-0.05, 0) is 49.4 Å². The highest BCUT2D eigenvalue weighted by molar-refractivity contribution is 7.94. The topological polar surface area (TPSA) is 101 Å². The lowest BCUT2D eigenvalue weighted by molar-refractivity contribution is 0.340. The summed E-state index contributed by atoms with van der Waals surface area (Å²) in [6.45, 7) is 2.42. The van der Waals surface area contributed by atoms with Crippen molar-refractivity contribution < 1.29 is 13.2 Å². The molecule has 0 aliphatic carbocycles. The Bertz CT molecular complexity index is 1000. The van der Waals surface area contributed by atoms with Gasteiger partial charge in [0.25, 0.3) is 15.6 Å². The Kier molecular flexibility index (Phi) is 4.86. The molecule has 0 unspecified atom stereocenters. The van der Waals surface area contributed by atoms with E-state index in [2.05, 4.69) is 14.9 Å². The maximum Gasteiger partial charge on any atom is 0.271 e. The van der Waals surface area contributed by atoms with Crippen molar-refractivity contribution in [1.82, 2.24) is 10.2 Å². The van der Waals surface area contributed by atoms with Gasteiger partial charge in [0, 0.05) is 11.8 Å². The van der Waals surface area contributed by atoms with Crippen LogP contribution in [0.2, 0.25) is 0 Å². The van der Waals surface area contributed by atoms with Crippen molar-refractivity contribution in [3.8, 4) is 16.3 Å². The second kappa shape index (κ2) is 7.08. The number of rotatable bonds is 6. The molecule has 0 radical (unpaired) electrons. The number of nitrogens with zero attached hydrogens (tertiary/aromatic N) is 1. The molecule has 3 aromatic rings. The van der Waals surface area contributed by atoms with Crippen molar-refractivity contribution in [3.05, 3.63) is 58.9 Å². The molecule has 0 spiro atoms. The van der Waals surface area contributed by atoms with Crippen molar-refractivity contribution in [2.45, 2.75) is 11.1 Å². The predicted molar refractivity (Wildman–Crippen MR) is 96.6 cm³/mol. The highest BCUT2D eigenvalue weighted by Crippen LogP contribution is 2.30. The minimum absolute atomic E-state index is 0.157. The Morgan fingerprint density at radius 2 is 1.88 bits per heavy atom. The van der Waals surface area contributed by atoms with Crippen LogP contribution in [0, 0.1) is 0 Å². The third kappa shape index (κ3) is 4.06. The van der Waals surface area contributed by atoms with Gasteiger partial charge in [-0.25, -0.2) is 13.5 Å². The molecule has 0 atom stereocenters. The number of aromatic amines is 1. The molecule has 0 amide bonds. The van der Waals surface area contributed by atoms with E-state index >= 15 is 0 Å². The SMILES string of the molecule is CCOc1ccc(NS(=O)(=O)c2ccc(-c3ccc(=O)[nH]n3)s2)cc1. The lowest BCUT2D eigenvalue weighted by atomic mass is 10.3. The molecule has 2 heterocycles. The summed E-state index contributed by atoms with van der Waals surface area (Å²) in [7, 11) is -3.71. The molecule has 130 valence electrons. The zero-order valence-electron chi connectivity index (χ0n) is 13.2. The van der Waals surface area contributed by atoms with E-state index in [9.17, 15) is 13.2 Å². The van der Waals surface area contributed by atoms with Gasteiger partial charge >= 0.3 is 0 Å². The van der Waals surface area contributed by atoms with E-state index in [1.807, 2.05) is 6.92 Å². The number of hydrogen-bond donors (Lipinski definition) is 2. The number of H-pyrrole nitrogens is 1. The van der Waals surface area contributed by atoms with Crippen molar-refractivity contribution in [2.75, 3.05) is 11.3 Å². The van der Waals surface area contributed by atoms with Gasteiger partial charge in [-0.3, -0.25) is 9.52 Å². The van der Waals surface area contributed by atoms with Crippen LogP contribution < -0.4 is 15.0 Å². The average molecular weight is 377 g/mol. The Labute approximate surface area is 148 Å². The molecule has 0 saturated heterocycles. The second-order valence-corrected chi connectivity index (χ2v) is 7.98. The summed E-state index contributed by atoms with van der Waals surface area (Å²) in [5.74, 6) is 0.674. The van der Waals surface area contributed by atoms with Crippen molar-refractivity contribution in [2.24, 2.45) is 0 Å². The molecule has 2 aromatic heterocycles. The lowest BCUT2D eigenvalue weighted by Crippen LogP contribution is -2.11. The quantitative estimate of drug-likeness (QED) is 0.688. The molecule has 7 nitrogen and oxygen atoms in total. The minimum atomic E-state index is -3.71. The third-order valence-electron chi connectivity index (χ3n) is 3.20. The first-order valence-electron chi connectivity index (χ1n) is 7.39. The van der Waals surface area contributed by atoms with Crippen LogP contribution in [-0.4, -0.2) is 25.2 Å². The van der Waals surface area contributed by atoms with Crippen LogP contribution in [0.1, 0.15) is 6.92 Å². The normalized spacial score (nSPS) is 11.2. The standard InChI is InChI=1S/C16H15N3O4S2/c1-2-23-12-5-3-11(4-6-12)19-25(21,22)16-10-8-14(24-16)13-7-9-15(20)18-17-13/h3-10,19H,2H2,1H3,(H,18,20). The fourth-order valence-corrected chi connectivity index (χ4v) is 4.41. The summed E-state index contributed by atoms with van der Waals surface area (Å²) in [5.41, 5.74) is 0.637. The number of thiophene rings is 1. The van der Waals surface area contributed by atoms with E-state index < -0.39 is 10.0 Å². The van der Waals surface area contributed by atoms with Gasteiger partial charge in [0.2, 0.25) is 0 Å². The molecule has 3 rings (SSSR count). The fourth-order valence-electron chi connectivity index (χ4n) is 2.08. The molecular weight excluding hydrogens is 362 g/mol. The van der Waals surface area contributed by atoms with Crippen LogP contribution in [0.4, 0.5) is 5.69 Å². The highest BCUT2D eigenvalue weighted by Gasteiger charge is 2.18. The van der Waals surface area contributed by atoms with Crippen LogP contribution in [0.3, 0.4) is 0 Å². The van der Waals surface area contributed by atoms with Crippen LogP contribution in [-0.2, 0) is 10.0 Å². The van der Waals surface area contributed by atoms with E-state index in [-0.39, 0.29) is 9.77 Å². The summed E-state index contributed by atoms with van der Waals surface area (Å²) >= 11 is 1.07. The predicted octanol–water partition coefficient (Wildman–Crippen LogP) is 2.70. The van der Waals surface area contributed by atoms with Crippen molar-refractivity contribution in [1.29, 1.82) is 0 Å². The molecule has 0 fully saturated rings. The van der Waals surface area contributed by atoms with Crippen molar-refractivity contribution in [3.63, 3.8) is 0 Å². The number of benzene rings is 1. The van der Waals surface area contributed by atoms with Gasteiger partial charge in [0.05, 0.1) is 11.5 Å². The average Bonchev–Trinajstić information content (AvgIpc) is 3.08. The first-order chi connectivity index (χ1) is 12.0. The summed E-state index contributed by atoms with van der Waals surface area (Å²) in [6.07, 6.45) is 0. The van der Waals surface area contributed by atoms with E-state index in [0.717, 1.165) is 11.3 Å². The summed E-state index contributed by atoms with van der Waals surface area (Å²) < 4.78 is 33.0. The van der Waals surface area contributed by atoms with Crippen LogP contribution in [0.15, 0.2) is 57.5 Å². The zero-order valence-corrected chi connectivity index (χ0v) is 14.9. The lowest BCUT2D eigenvalue weighted by Gasteiger charge is -2.07. The number of aromatic nitrogens is 2. The van der Waals surface area contributed by atoms with Crippen molar-refractivity contribution >= 4 is 27.0 Å². The van der Waals surface area contributed by atoms with E-state index in [4.69, 9.17) is 4.74 Å². The van der Waals surface area contributed by atoms with E-state index in [0.29, 0.717) is 28.6 Å². The molecule has 9 heteroatoms. The third-order valence-corrected chi connectivity index (χ3v) is 6.18. The fraction of sp³-hybridized carbons (Fsp3) is 0.125. The Balaban J connectivity index is 1.80. The molecular formula is C16H15N3O4S2. The molecule has 25 heavy (non-hydrogen) atoms. The van der Waals surface area contributed by atoms with Crippen LogP contribution >= 0.6 is 11.3 Å². The molecule has 2 N–H and O–H groups in total. The summed E-state index contributed by atoms with van der Waals surface area (Å²) in [6, 6.07) is 12.7. The van der Waals surface area contributed by atoms with E-state index in [1.165, 1.54) is 12.1 Å². The highest BCUT2D eigenvalue weighted by atomic mass is 32.2. The smallest absolute Gasteiger partial charge is 0.271 e. The van der Waals surface area contributed by atoms with Crippen LogP contribution in [0.5, 0.6) is 5.75 Å². The zero-order chi connectivity index (χ0) is 17.9. The molecule has 0 aliphatic heterocycles. The minimum Gasteiger partial charge on any atom is -0.494 e. The number of sulfonamides is 1. The maximum absolute atomic E-state index is 12.5. The van der Waals surface area contributed by atoms with E-state index in [1.54, 1.807) is 36.4 Å². The first kappa shape index (κ1) is 17.2. The van der Waals surface area contributed by atoms with Gasteiger partial charge < -0.3 is 4.74 Å². The molecule has 0 saturated carbocycles. The molecule has 0 aliphatic rings. The summed E-state index contributed by atoms with van der Waals surface area (Å²) in [4.78, 5) is 11.7. The van der Waals surface area contributed by atoms with Gasteiger partial charge in [-0.2, -0.15) is 5.10 Å². The Hall–Kier alpha value is -2.65. The van der Waals surface area contributed by atoms with Gasteiger partial charge in [-0.15, -0.1) is 11.3 Å². The Morgan fingerprint density at radius 1 is 1.12 bits per heavy atom. The van der Waals surface area contributed by atoms with Gasteiger partial charge in [-0.1, -0.05) is 0 Å². The number of anilines is 1. The van der Waals surface area contributed by atoms with Crippen LogP contribution in [0.25, 0.3) is 10.6 Å². The summed E-state index contributed by atoms with van der Waals surface area (Å²) in [5, 5.41) is 6.22. The number of ether oxygens (including phenoxy) is 1.